The summed E-state index contributed by atoms with van der Waals surface area (Å²) in [5.41, 5.74) is 12.1. The van der Waals surface area contributed by atoms with Crippen LogP contribution in [0.2, 0.25) is 0 Å². The smallest absolute Gasteiger partial charge is 0.211 e. The van der Waals surface area contributed by atoms with Gasteiger partial charge in [0.25, 0.3) is 0 Å². The van der Waals surface area contributed by atoms with Crippen LogP contribution >= 0.6 is 23.7 Å². The molecule has 1 aromatic heterocycles. The number of nitrogens with two attached hydrogens (primary N) is 2. The van der Waals surface area contributed by atoms with Crippen LogP contribution in [0.5, 0.6) is 0 Å². The average molecular weight is 306 g/mol. The normalized spacial score (nSPS) is 9.75. The van der Waals surface area contributed by atoms with Gasteiger partial charge < -0.3 is 11.5 Å². The summed E-state index contributed by atoms with van der Waals surface area (Å²) >= 11 is 1.57. The highest BCUT2D eigenvalue weighted by Crippen LogP contribution is 2.27. The summed E-state index contributed by atoms with van der Waals surface area (Å²) in [5, 5.41) is 16.0. The van der Waals surface area contributed by atoms with E-state index in [0.717, 1.165) is 15.3 Å². The lowest BCUT2D eigenvalue weighted by Gasteiger charge is -1.96. The lowest BCUT2D eigenvalue weighted by molar-refractivity contribution is 1.22. The molecule has 0 aliphatic heterocycles. The predicted molar refractivity (Wildman–Crippen MR) is 85.1 cm³/mol. The average Bonchev–Trinajstić information content (AvgIpc) is 2.87. The summed E-state index contributed by atoms with van der Waals surface area (Å²) in [6.45, 7) is 0. The highest BCUT2D eigenvalue weighted by molar-refractivity contribution is 7.17. The van der Waals surface area contributed by atoms with Gasteiger partial charge in [-0.15, -0.1) is 28.8 Å². The van der Waals surface area contributed by atoms with Crippen molar-refractivity contribution in [1.82, 2.24) is 0 Å². The van der Waals surface area contributed by atoms with Crippen molar-refractivity contribution in [3.8, 4) is 16.5 Å². The molecule has 0 fully saturated rings. The highest BCUT2D eigenvalue weighted by Gasteiger charge is 2.01. The molecule has 0 saturated heterocycles. The zero-order valence-corrected chi connectivity index (χ0v) is 12.0. The van der Waals surface area contributed by atoms with Crippen molar-refractivity contribution in [1.29, 1.82) is 5.26 Å². The number of nitriles is 1. The Balaban J connectivity index is 0.00000200. The van der Waals surface area contributed by atoms with Crippen LogP contribution in [-0.2, 0) is 0 Å². The van der Waals surface area contributed by atoms with E-state index in [4.69, 9.17) is 16.7 Å². The van der Waals surface area contributed by atoms with E-state index < -0.39 is 0 Å². The minimum Gasteiger partial charge on any atom is -0.369 e. The number of benzene rings is 1. The van der Waals surface area contributed by atoms with E-state index in [1.807, 2.05) is 24.3 Å². The molecule has 7 heteroatoms. The Morgan fingerprint density at radius 2 is 1.85 bits per heavy atom. The molecule has 0 spiro atoms. The fraction of sp³-hybridized carbons (Fsp3) is 0. The Labute approximate surface area is 126 Å². The first-order valence-corrected chi connectivity index (χ1v) is 6.23. The van der Waals surface area contributed by atoms with Crippen LogP contribution in [-0.4, -0.2) is 12.2 Å². The molecule has 0 bridgehead atoms. The van der Waals surface area contributed by atoms with Crippen LogP contribution in [0.3, 0.4) is 0 Å². The molecule has 2 rings (SSSR count). The van der Waals surface area contributed by atoms with E-state index >= 15 is 0 Å². The Morgan fingerprint density at radius 3 is 2.45 bits per heavy atom. The number of thiophene rings is 1. The number of guanidine groups is 1. The quantitative estimate of drug-likeness (QED) is 0.517. The van der Waals surface area contributed by atoms with Crippen molar-refractivity contribution in [2.24, 2.45) is 21.7 Å². The fourth-order valence-corrected chi connectivity index (χ4v) is 2.32. The molecule has 2 aromatic rings. The first-order valence-electron chi connectivity index (χ1n) is 5.41. The second-order valence-electron chi connectivity index (χ2n) is 3.66. The minimum absolute atomic E-state index is 0. The number of nitrogens with zero attached hydrogens (tertiary/aromatic N) is 3. The van der Waals surface area contributed by atoms with Gasteiger partial charge in [0.2, 0.25) is 5.96 Å². The summed E-state index contributed by atoms with van der Waals surface area (Å²) < 4.78 is 0. The van der Waals surface area contributed by atoms with Crippen LogP contribution in [0.15, 0.2) is 46.6 Å². The monoisotopic (exact) mass is 305 g/mol. The van der Waals surface area contributed by atoms with Gasteiger partial charge in [-0.1, -0.05) is 12.1 Å². The molecule has 1 aromatic carbocycles. The molecule has 0 aliphatic carbocycles. The van der Waals surface area contributed by atoms with Gasteiger partial charge in [-0.05, 0) is 29.8 Å². The summed E-state index contributed by atoms with van der Waals surface area (Å²) in [5.74, 6) is -0.0693. The maximum atomic E-state index is 8.75. The third kappa shape index (κ3) is 4.09. The van der Waals surface area contributed by atoms with Crippen molar-refractivity contribution in [2.75, 3.05) is 0 Å². The van der Waals surface area contributed by atoms with E-state index in [9.17, 15) is 0 Å². The topological polar surface area (TPSA) is 101 Å². The van der Waals surface area contributed by atoms with Gasteiger partial charge in [-0.2, -0.15) is 10.4 Å². The molecule has 0 aliphatic rings. The zero-order chi connectivity index (χ0) is 13.7. The van der Waals surface area contributed by atoms with Gasteiger partial charge in [0.15, 0.2) is 0 Å². The van der Waals surface area contributed by atoms with Gasteiger partial charge in [0.05, 0.1) is 17.8 Å². The maximum Gasteiger partial charge on any atom is 0.211 e. The standard InChI is InChI=1S/C13H11N5S.ClH/c14-7-9-1-3-10(4-2-9)12-6-5-11(19-12)8-17-18-13(15)16;/h1-6,8H,(H4,15,16,18);1H/b17-8+;. The van der Waals surface area contributed by atoms with E-state index in [1.165, 1.54) is 0 Å². The fourth-order valence-electron chi connectivity index (χ4n) is 1.44. The summed E-state index contributed by atoms with van der Waals surface area (Å²) in [6, 6.07) is 13.4. The molecule has 1 heterocycles. The maximum absolute atomic E-state index is 8.75. The second kappa shape index (κ2) is 7.28. The first kappa shape index (κ1) is 15.7. The Morgan fingerprint density at radius 1 is 1.15 bits per heavy atom. The van der Waals surface area contributed by atoms with Gasteiger partial charge in [0.1, 0.15) is 0 Å². The molecule has 0 saturated carbocycles. The Kier molecular flexibility index (Phi) is 5.72. The van der Waals surface area contributed by atoms with Crippen LogP contribution < -0.4 is 11.5 Å². The number of rotatable bonds is 3. The molecule has 0 radical (unpaired) electrons. The van der Waals surface area contributed by atoms with Crippen LogP contribution in [0.4, 0.5) is 0 Å². The van der Waals surface area contributed by atoms with Crippen molar-refractivity contribution < 1.29 is 0 Å². The first-order chi connectivity index (χ1) is 9.19. The van der Waals surface area contributed by atoms with E-state index in [-0.39, 0.29) is 18.4 Å². The van der Waals surface area contributed by atoms with Crippen molar-refractivity contribution in [3.63, 3.8) is 0 Å². The molecule has 20 heavy (non-hydrogen) atoms. The zero-order valence-electron chi connectivity index (χ0n) is 10.4. The molecular weight excluding hydrogens is 294 g/mol. The second-order valence-corrected chi connectivity index (χ2v) is 4.78. The van der Waals surface area contributed by atoms with Gasteiger partial charge in [-0.25, -0.2) is 0 Å². The predicted octanol–water partition coefficient (Wildman–Crippen LogP) is 2.32. The van der Waals surface area contributed by atoms with Crippen molar-refractivity contribution >= 4 is 35.9 Å². The number of halogens is 1. The lowest BCUT2D eigenvalue weighted by atomic mass is 10.1. The highest BCUT2D eigenvalue weighted by atomic mass is 35.5. The van der Waals surface area contributed by atoms with Crippen LogP contribution in [0, 0.1) is 11.3 Å². The number of hydrogen-bond acceptors (Lipinski definition) is 4. The van der Waals surface area contributed by atoms with Crippen molar-refractivity contribution in [3.05, 3.63) is 46.8 Å². The summed E-state index contributed by atoms with van der Waals surface area (Å²) in [6.07, 6.45) is 1.59. The lowest BCUT2D eigenvalue weighted by Crippen LogP contribution is -2.21. The third-order valence-electron chi connectivity index (χ3n) is 2.28. The molecule has 102 valence electrons. The largest absolute Gasteiger partial charge is 0.369 e. The van der Waals surface area contributed by atoms with E-state index in [0.29, 0.717) is 5.56 Å². The van der Waals surface area contributed by atoms with Crippen LogP contribution in [0.1, 0.15) is 10.4 Å². The molecule has 0 unspecified atom stereocenters. The summed E-state index contributed by atoms with van der Waals surface area (Å²) in [4.78, 5) is 2.04. The van der Waals surface area contributed by atoms with Crippen LogP contribution in [0.25, 0.3) is 10.4 Å². The molecule has 0 amide bonds. The molecule has 0 atom stereocenters. The molecule has 4 N–H and O–H groups in total. The molecular formula is C13H12ClN5S. The number of hydrogen-bond donors (Lipinski definition) is 2. The van der Waals surface area contributed by atoms with Crippen molar-refractivity contribution in [2.45, 2.75) is 0 Å². The third-order valence-corrected chi connectivity index (χ3v) is 3.35. The van der Waals surface area contributed by atoms with Gasteiger partial charge >= 0.3 is 0 Å². The summed E-state index contributed by atoms with van der Waals surface area (Å²) in [7, 11) is 0. The van der Waals surface area contributed by atoms with E-state index in [2.05, 4.69) is 16.3 Å². The molecule has 5 nitrogen and oxygen atoms in total. The van der Waals surface area contributed by atoms with Gasteiger partial charge in [0, 0.05) is 9.75 Å². The minimum atomic E-state index is -0.0693. The Hall–Kier alpha value is -2.36. The Bertz CT molecular complexity index is 663. The van der Waals surface area contributed by atoms with E-state index in [1.54, 1.807) is 29.7 Å². The van der Waals surface area contributed by atoms with Gasteiger partial charge in [-0.3, -0.25) is 0 Å². The SMILES string of the molecule is Cl.N#Cc1ccc(-c2ccc(/C=N/N=C(N)N)s2)cc1.